The van der Waals surface area contributed by atoms with E-state index in [1.54, 1.807) is 17.0 Å². The van der Waals surface area contributed by atoms with Gasteiger partial charge in [0.15, 0.2) is 0 Å². The number of nitrogens with two attached hydrogens (primary N) is 1. The molecule has 1 aromatic carbocycles. The fourth-order valence-electron chi connectivity index (χ4n) is 3.67. The Labute approximate surface area is 166 Å². The van der Waals surface area contributed by atoms with Gasteiger partial charge in [0.1, 0.15) is 12.0 Å². The standard InChI is InChI=1S/C19H23F3N4O3/c20-19(21,22)15-6-5-14(17(28)24-15)18(29)26-9-7-25(8-10-26)11-12-1-3-13(4-2-12)16(23)27/h1-4,14-15H,5-11H2,(H2,23,27)(H,24,28). The molecule has 7 nitrogen and oxygen atoms in total. The number of alkyl halides is 3. The third-order valence-electron chi connectivity index (χ3n) is 5.40. The van der Waals surface area contributed by atoms with Gasteiger partial charge in [-0.25, -0.2) is 0 Å². The van der Waals surface area contributed by atoms with Crippen LogP contribution in [-0.2, 0) is 16.1 Å². The first kappa shape index (κ1) is 21.1. The maximum atomic E-state index is 12.7. The lowest BCUT2D eigenvalue weighted by Gasteiger charge is -2.37. The maximum absolute atomic E-state index is 12.7. The number of piperazine rings is 1. The van der Waals surface area contributed by atoms with Crippen LogP contribution in [0.1, 0.15) is 28.8 Å². The Morgan fingerprint density at radius 2 is 1.69 bits per heavy atom. The van der Waals surface area contributed by atoms with E-state index >= 15 is 0 Å². The number of amides is 3. The predicted octanol–water partition coefficient (Wildman–Crippen LogP) is 0.887. The highest BCUT2D eigenvalue weighted by atomic mass is 19.4. The summed E-state index contributed by atoms with van der Waals surface area (Å²) in [4.78, 5) is 39.4. The number of hydrogen-bond acceptors (Lipinski definition) is 4. The number of rotatable bonds is 4. The van der Waals surface area contributed by atoms with E-state index in [0.29, 0.717) is 38.3 Å². The fraction of sp³-hybridized carbons (Fsp3) is 0.526. The fourth-order valence-corrected chi connectivity index (χ4v) is 3.67. The van der Waals surface area contributed by atoms with Crippen LogP contribution in [0.4, 0.5) is 13.2 Å². The molecule has 0 spiro atoms. The average Bonchev–Trinajstić information content (AvgIpc) is 2.68. The number of benzene rings is 1. The first-order valence-corrected chi connectivity index (χ1v) is 9.42. The highest BCUT2D eigenvalue weighted by molar-refractivity contribution is 6.01. The van der Waals surface area contributed by atoms with Gasteiger partial charge in [0.25, 0.3) is 0 Å². The zero-order valence-electron chi connectivity index (χ0n) is 15.7. The Balaban J connectivity index is 1.49. The summed E-state index contributed by atoms with van der Waals surface area (Å²) in [5.41, 5.74) is 6.65. The van der Waals surface area contributed by atoms with E-state index in [-0.39, 0.29) is 12.8 Å². The Bertz CT molecular complexity index is 774. The molecule has 3 amide bonds. The Morgan fingerprint density at radius 1 is 1.07 bits per heavy atom. The van der Waals surface area contributed by atoms with Gasteiger partial charge in [-0.1, -0.05) is 12.1 Å². The molecule has 0 aliphatic carbocycles. The number of nitrogens with zero attached hydrogens (tertiary/aromatic N) is 2. The van der Waals surface area contributed by atoms with Gasteiger partial charge < -0.3 is 16.0 Å². The van der Waals surface area contributed by atoms with Crippen molar-refractivity contribution >= 4 is 17.7 Å². The summed E-state index contributed by atoms with van der Waals surface area (Å²) in [5.74, 6) is -2.80. The number of hydrogen-bond donors (Lipinski definition) is 2. The maximum Gasteiger partial charge on any atom is 0.408 e. The van der Waals surface area contributed by atoms with Crippen molar-refractivity contribution in [2.75, 3.05) is 26.2 Å². The third-order valence-corrected chi connectivity index (χ3v) is 5.40. The summed E-state index contributed by atoms with van der Waals surface area (Å²) in [5, 5.41) is 1.93. The first-order valence-electron chi connectivity index (χ1n) is 9.42. The van der Waals surface area contributed by atoms with E-state index in [4.69, 9.17) is 5.73 Å². The molecule has 2 saturated heterocycles. The highest BCUT2D eigenvalue weighted by Gasteiger charge is 2.46. The normalized spacial score (nSPS) is 23.6. The third kappa shape index (κ3) is 5.06. The molecule has 2 fully saturated rings. The Kier molecular flexibility index (Phi) is 6.11. The van der Waals surface area contributed by atoms with Crippen LogP contribution in [0.25, 0.3) is 0 Å². The van der Waals surface area contributed by atoms with Gasteiger partial charge in [0.2, 0.25) is 17.7 Å². The van der Waals surface area contributed by atoms with Crippen LogP contribution >= 0.6 is 0 Å². The number of carbonyl (C=O) groups is 3. The van der Waals surface area contributed by atoms with Gasteiger partial charge in [-0.2, -0.15) is 13.2 Å². The monoisotopic (exact) mass is 412 g/mol. The lowest BCUT2D eigenvalue weighted by Crippen LogP contribution is -2.57. The van der Waals surface area contributed by atoms with Crippen molar-refractivity contribution in [3.05, 3.63) is 35.4 Å². The van der Waals surface area contributed by atoms with Crippen molar-refractivity contribution in [3.8, 4) is 0 Å². The minimum atomic E-state index is -4.50. The molecule has 158 valence electrons. The van der Waals surface area contributed by atoms with E-state index in [1.165, 1.54) is 0 Å². The minimum Gasteiger partial charge on any atom is -0.366 e. The molecule has 0 radical (unpaired) electrons. The summed E-state index contributed by atoms with van der Waals surface area (Å²) in [6.07, 6.45) is -4.88. The molecular weight excluding hydrogens is 389 g/mol. The summed E-state index contributed by atoms with van der Waals surface area (Å²) in [6.45, 7) is 2.62. The lowest BCUT2D eigenvalue weighted by molar-refractivity contribution is -0.172. The molecule has 2 atom stereocenters. The highest BCUT2D eigenvalue weighted by Crippen LogP contribution is 2.29. The zero-order valence-corrected chi connectivity index (χ0v) is 15.7. The molecule has 0 aromatic heterocycles. The molecule has 0 saturated carbocycles. The van der Waals surface area contributed by atoms with E-state index in [0.717, 1.165) is 5.56 Å². The SMILES string of the molecule is NC(=O)c1ccc(CN2CCN(C(=O)C3CCC(C(F)(F)F)NC3=O)CC2)cc1. The minimum absolute atomic E-state index is 0.0960. The smallest absolute Gasteiger partial charge is 0.366 e. The summed E-state index contributed by atoms with van der Waals surface area (Å²) >= 11 is 0. The summed E-state index contributed by atoms with van der Waals surface area (Å²) < 4.78 is 38.2. The van der Waals surface area contributed by atoms with Gasteiger partial charge in [0, 0.05) is 38.3 Å². The van der Waals surface area contributed by atoms with E-state index in [1.807, 2.05) is 17.4 Å². The molecule has 0 bridgehead atoms. The number of halogens is 3. The van der Waals surface area contributed by atoms with Gasteiger partial charge in [-0.3, -0.25) is 19.3 Å². The van der Waals surface area contributed by atoms with Crippen molar-refractivity contribution in [1.82, 2.24) is 15.1 Å². The van der Waals surface area contributed by atoms with Crippen LogP contribution in [0.15, 0.2) is 24.3 Å². The van der Waals surface area contributed by atoms with Crippen molar-refractivity contribution < 1.29 is 27.6 Å². The number of nitrogens with one attached hydrogen (secondary N) is 1. The molecule has 2 heterocycles. The molecule has 2 unspecified atom stereocenters. The van der Waals surface area contributed by atoms with Gasteiger partial charge in [-0.05, 0) is 30.5 Å². The molecule has 3 N–H and O–H groups in total. The van der Waals surface area contributed by atoms with Crippen molar-refractivity contribution in [1.29, 1.82) is 0 Å². The Hall–Kier alpha value is -2.62. The van der Waals surface area contributed by atoms with Gasteiger partial charge in [0.05, 0.1) is 0 Å². The summed E-state index contributed by atoms with van der Waals surface area (Å²) in [7, 11) is 0. The molecule has 2 aliphatic heterocycles. The Morgan fingerprint density at radius 3 is 2.21 bits per heavy atom. The van der Waals surface area contributed by atoms with E-state index in [9.17, 15) is 27.6 Å². The molecule has 1 aromatic rings. The van der Waals surface area contributed by atoms with Crippen LogP contribution in [0.3, 0.4) is 0 Å². The van der Waals surface area contributed by atoms with Gasteiger partial charge >= 0.3 is 6.18 Å². The first-order chi connectivity index (χ1) is 13.6. The van der Waals surface area contributed by atoms with Crippen molar-refractivity contribution in [2.45, 2.75) is 31.6 Å². The zero-order chi connectivity index (χ0) is 21.2. The second-order valence-electron chi connectivity index (χ2n) is 7.40. The molecular formula is C19H23F3N4O3. The van der Waals surface area contributed by atoms with Crippen LogP contribution < -0.4 is 11.1 Å². The van der Waals surface area contributed by atoms with E-state index < -0.39 is 35.9 Å². The average molecular weight is 412 g/mol. The van der Waals surface area contributed by atoms with Crippen LogP contribution in [0, 0.1) is 5.92 Å². The topological polar surface area (TPSA) is 95.7 Å². The number of piperidine rings is 1. The number of primary amides is 1. The molecule has 2 aliphatic rings. The summed E-state index contributed by atoms with van der Waals surface area (Å²) in [6, 6.07) is 5.08. The largest absolute Gasteiger partial charge is 0.408 e. The molecule has 10 heteroatoms. The van der Waals surface area contributed by atoms with Gasteiger partial charge in [-0.15, -0.1) is 0 Å². The van der Waals surface area contributed by atoms with Crippen molar-refractivity contribution in [2.24, 2.45) is 11.7 Å². The number of carbonyl (C=O) groups excluding carboxylic acids is 3. The predicted molar refractivity (Wildman–Crippen MR) is 97.5 cm³/mol. The second kappa shape index (κ2) is 8.40. The van der Waals surface area contributed by atoms with Crippen LogP contribution in [0.5, 0.6) is 0 Å². The quantitative estimate of drug-likeness (QED) is 0.718. The molecule has 29 heavy (non-hydrogen) atoms. The lowest BCUT2D eigenvalue weighted by atomic mass is 9.92. The molecule has 3 rings (SSSR count). The second-order valence-corrected chi connectivity index (χ2v) is 7.40. The van der Waals surface area contributed by atoms with E-state index in [2.05, 4.69) is 4.90 Å². The van der Waals surface area contributed by atoms with Crippen LogP contribution in [-0.4, -0.2) is 65.9 Å². The van der Waals surface area contributed by atoms with Crippen LogP contribution in [0.2, 0.25) is 0 Å². The van der Waals surface area contributed by atoms with Crippen molar-refractivity contribution in [3.63, 3.8) is 0 Å².